The largest absolute Gasteiger partial charge is 0.312 e. The van der Waals surface area contributed by atoms with Crippen molar-refractivity contribution in [1.29, 1.82) is 0 Å². The van der Waals surface area contributed by atoms with E-state index in [9.17, 15) is 0 Å². The smallest absolute Gasteiger partial charge is 0.111 e. The number of aliphatic imine (C=N–C) groups is 1. The van der Waals surface area contributed by atoms with E-state index in [0.29, 0.717) is 6.04 Å². The molecule has 3 heteroatoms. The summed E-state index contributed by atoms with van der Waals surface area (Å²) in [4.78, 5) is 4.72. The summed E-state index contributed by atoms with van der Waals surface area (Å²) < 4.78 is 0. The van der Waals surface area contributed by atoms with Crippen molar-refractivity contribution in [1.82, 2.24) is 5.43 Å². The zero-order chi connectivity index (χ0) is 13.1. The molecule has 0 atom stereocenters. The van der Waals surface area contributed by atoms with E-state index in [1.807, 2.05) is 0 Å². The Morgan fingerprint density at radius 1 is 1.06 bits per heavy atom. The first-order valence-corrected chi connectivity index (χ1v) is 7.90. The third-order valence-corrected chi connectivity index (χ3v) is 3.85. The maximum Gasteiger partial charge on any atom is 0.111 e. The summed E-state index contributed by atoms with van der Waals surface area (Å²) in [5.41, 5.74) is 2.79. The predicted octanol–water partition coefficient (Wildman–Crippen LogP) is 3.93. The number of nitrogens with one attached hydrogen (secondary N) is 1. The van der Waals surface area contributed by atoms with Crippen molar-refractivity contribution in [3.8, 4) is 0 Å². The van der Waals surface area contributed by atoms with Gasteiger partial charge >= 0.3 is 0 Å². The lowest BCUT2D eigenvalue weighted by Gasteiger charge is -2.09. The first-order chi connectivity index (χ1) is 8.86. The first-order valence-electron chi connectivity index (χ1n) is 7.90. The van der Waals surface area contributed by atoms with E-state index < -0.39 is 0 Å². The van der Waals surface area contributed by atoms with Crippen LogP contribution in [0.1, 0.15) is 84.0 Å². The number of amidine groups is 1. The van der Waals surface area contributed by atoms with E-state index in [0.717, 1.165) is 12.3 Å². The molecule has 0 bridgehead atoms. The molecule has 0 aromatic carbocycles. The van der Waals surface area contributed by atoms with Crippen LogP contribution in [-0.2, 0) is 0 Å². The van der Waals surface area contributed by atoms with Gasteiger partial charge in [0.05, 0.1) is 6.04 Å². The van der Waals surface area contributed by atoms with Gasteiger partial charge in [-0.1, -0.05) is 58.3 Å². The van der Waals surface area contributed by atoms with Gasteiger partial charge in [0.2, 0.25) is 0 Å². The minimum atomic E-state index is 0.542. The summed E-state index contributed by atoms with van der Waals surface area (Å²) in [6.45, 7) is 2.26. The summed E-state index contributed by atoms with van der Waals surface area (Å²) in [6, 6.07) is 0.542. The lowest BCUT2D eigenvalue weighted by atomic mass is 10.1. The number of hydrogen-bond acceptors (Lipinski definition) is 2. The second kappa shape index (κ2) is 10.4. The molecule has 1 saturated carbocycles. The molecule has 1 aliphatic rings. The van der Waals surface area contributed by atoms with Crippen LogP contribution in [0.25, 0.3) is 0 Å². The van der Waals surface area contributed by atoms with Crippen molar-refractivity contribution in [2.45, 2.75) is 90.0 Å². The molecular formula is C15H31N3. The summed E-state index contributed by atoms with van der Waals surface area (Å²) in [5.74, 6) is 6.57. The lowest BCUT2D eigenvalue weighted by Crippen LogP contribution is -2.31. The molecule has 0 unspecified atom stereocenters. The molecule has 0 heterocycles. The van der Waals surface area contributed by atoms with Gasteiger partial charge in [0.25, 0.3) is 0 Å². The maximum atomic E-state index is 5.55. The average molecular weight is 253 g/mol. The van der Waals surface area contributed by atoms with Gasteiger partial charge in [-0.3, -0.25) is 4.99 Å². The van der Waals surface area contributed by atoms with Crippen LogP contribution in [0.15, 0.2) is 4.99 Å². The third-order valence-electron chi connectivity index (χ3n) is 3.85. The average Bonchev–Trinajstić information content (AvgIpc) is 2.89. The summed E-state index contributed by atoms with van der Waals surface area (Å²) >= 11 is 0. The fourth-order valence-corrected chi connectivity index (χ4v) is 2.68. The van der Waals surface area contributed by atoms with Crippen LogP contribution in [0.5, 0.6) is 0 Å². The van der Waals surface area contributed by atoms with Gasteiger partial charge in [0.15, 0.2) is 0 Å². The van der Waals surface area contributed by atoms with Crippen molar-refractivity contribution in [2.24, 2.45) is 10.8 Å². The van der Waals surface area contributed by atoms with Gasteiger partial charge in [0.1, 0.15) is 5.84 Å². The molecule has 0 aromatic rings. The van der Waals surface area contributed by atoms with Gasteiger partial charge in [-0.25, -0.2) is 5.84 Å². The Morgan fingerprint density at radius 2 is 1.67 bits per heavy atom. The Morgan fingerprint density at radius 3 is 2.28 bits per heavy atom. The Hall–Kier alpha value is -0.570. The summed E-state index contributed by atoms with van der Waals surface area (Å²) in [5, 5.41) is 0. The van der Waals surface area contributed by atoms with Crippen LogP contribution in [0.4, 0.5) is 0 Å². The third kappa shape index (κ3) is 7.00. The Bertz CT molecular complexity index is 220. The normalized spacial score (nSPS) is 17.3. The topological polar surface area (TPSA) is 50.4 Å². The Kier molecular flexibility index (Phi) is 8.92. The van der Waals surface area contributed by atoms with E-state index in [1.165, 1.54) is 70.6 Å². The molecule has 0 radical (unpaired) electrons. The number of rotatable bonds is 9. The predicted molar refractivity (Wildman–Crippen MR) is 79.6 cm³/mol. The van der Waals surface area contributed by atoms with Gasteiger partial charge < -0.3 is 5.43 Å². The maximum absolute atomic E-state index is 5.55. The molecule has 0 amide bonds. The lowest BCUT2D eigenvalue weighted by molar-refractivity contribution is 0.592. The van der Waals surface area contributed by atoms with Crippen molar-refractivity contribution in [2.75, 3.05) is 0 Å². The SMILES string of the molecule is CCCCCCCCCC(=NC1CCCC1)NN. The minimum Gasteiger partial charge on any atom is -0.312 e. The second-order valence-electron chi connectivity index (χ2n) is 5.53. The number of hydrogen-bond donors (Lipinski definition) is 2. The summed E-state index contributed by atoms with van der Waals surface area (Å²) in [6.07, 6.45) is 15.6. The fourth-order valence-electron chi connectivity index (χ4n) is 2.68. The monoisotopic (exact) mass is 253 g/mol. The summed E-state index contributed by atoms with van der Waals surface area (Å²) in [7, 11) is 0. The molecule has 0 saturated heterocycles. The molecule has 3 nitrogen and oxygen atoms in total. The molecule has 0 spiro atoms. The fraction of sp³-hybridized carbons (Fsp3) is 0.933. The van der Waals surface area contributed by atoms with Gasteiger partial charge in [-0.15, -0.1) is 0 Å². The highest BCUT2D eigenvalue weighted by Gasteiger charge is 2.14. The molecule has 1 aliphatic carbocycles. The van der Waals surface area contributed by atoms with E-state index in [1.54, 1.807) is 0 Å². The number of nitrogens with zero attached hydrogens (tertiary/aromatic N) is 1. The van der Waals surface area contributed by atoms with Crippen LogP contribution < -0.4 is 11.3 Å². The molecular weight excluding hydrogens is 222 g/mol. The molecule has 106 valence electrons. The highest BCUT2D eigenvalue weighted by atomic mass is 15.3. The minimum absolute atomic E-state index is 0.542. The molecule has 3 N–H and O–H groups in total. The van der Waals surface area contributed by atoms with Crippen molar-refractivity contribution in [3.63, 3.8) is 0 Å². The van der Waals surface area contributed by atoms with Crippen molar-refractivity contribution >= 4 is 5.84 Å². The van der Waals surface area contributed by atoms with Crippen LogP contribution >= 0.6 is 0 Å². The Balaban J connectivity index is 2.04. The molecule has 18 heavy (non-hydrogen) atoms. The molecule has 0 aliphatic heterocycles. The van der Waals surface area contributed by atoms with Crippen molar-refractivity contribution < 1.29 is 0 Å². The zero-order valence-electron chi connectivity index (χ0n) is 12.1. The van der Waals surface area contributed by atoms with E-state index in [2.05, 4.69) is 12.3 Å². The van der Waals surface area contributed by atoms with E-state index >= 15 is 0 Å². The van der Waals surface area contributed by atoms with Crippen LogP contribution in [0.3, 0.4) is 0 Å². The second-order valence-corrected chi connectivity index (χ2v) is 5.53. The van der Waals surface area contributed by atoms with Gasteiger partial charge in [-0.2, -0.15) is 0 Å². The zero-order valence-corrected chi connectivity index (χ0v) is 12.1. The van der Waals surface area contributed by atoms with E-state index in [-0.39, 0.29) is 0 Å². The highest BCUT2D eigenvalue weighted by molar-refractivity contribution is 5.81. The van der Waals surface area contributed by atoms with Gasteiger partial charge in [0, 0.05) is 6.42 Å². The number of nitrogens with two attached hydrogens (primary N) is 1. The standard InChI is InChI=1S/C15H31N3/c1-2-3-4-5-6-7-8-13-15(18-16)17-14-11-9-10-12-14/h14H,2-13,16H2,1H3,(H,17,18). The van der Waals surface area contributed by atoms with E-state index in [4.69, 9.17) is 10.8 Å². The quantitative estimate of drug-likeness (QED) is 0.215. The number of unbranched alkanes of at least 4 members (excludes halogenated alkanes) is 6. The van der Waals surface area contributed by atoms with Gasteiger partial charge in [-0.05, 0) is 19.3 Å². The first kappa shape index (κ1) is 15.5. The van der Waals surface area contributed by atoms with Crippen LogP contribution in [0.2, 0.25) is 0 Å². The molecule has 1 rings (SSSR count). The van der Waals surface area contributed by atoms with Crippen molar-refractivity contribution in [3.05, 3.63) is 0 Å². The van der Waals surface area contributed by atoms with Crippen LogP contribution in [-0.4, -0.2) is 11.9 Å². The van der Waals surface area contributed by atoms with Crippen LogP contribution in [0, 0.1) is 0 Å². The highest BCUT2D eigenvalue weighted by Crippen LogP contribution is 2.21. The molecule has 0 aromatic heterocycles. The molecule has 1 fully saturated rings. The Labute approximate surface area is 113 Å². The number of hydrazine groups is 1.